The summed E-state index contributed by atoms with van der Waals surface area (Å²) in [5, 5.41) is 0. The smallest absolute Gasteiger partial charge is 0.333 e. The van der Waals surface area contributed by atoms with Crippen LogP contribution >= 0.6 is 0 Å². The van der Waals surface area contributed by atoms with E-state index in [0.29, 0.717) is 11.5 Å². The van der Waals surface area contributed by atoms with Crippen LogP contribution in [0.2, 0.25) is 0 Å². The largest absolute Gasteiger partial charge is 0.455 e. The first-order chi connectivity index (χ1) is 9.20. The van der Waals surface area contributed by atoms with E-state index in [1.54, 1.807) is 6.92 Å². The van der Waals surface area contributed by atoms with Crippen LogP contribution in [0.25, 0.3) is 0 Å². The van der Waals surface area contributed by atoms with Gasteiger partial charge in [-0.25, -0.2) is 4.79 Å². The van der Waals surface area contributed by atoms with E-state index >= 15 is 0 Å². The zero-order valence-electron chi connectivity index (χ0n) is 13.8. The van der Waals surface area contributed by atoms with Crippen molar-refractivity contribution in [3.05, 3.63) is 12.2 Å². The molecule has 0 amide bonds. The number of hydrogen-bond donors (Lipinski definition) is 0. The zero-order chi connectivity index (χ0) is 15.2. The summed E-state index contributed by atoms with van der Waals surface area (Å²) >= 11 is 0. The first kappa shape index (κ1) is 15.6. The number of unbranched alkanes of at least 4 members (excludes halogenated alkanes) is 1. The molecule has 2 heteroatoms. The SMILES string of the molecule is C=C(C)C(=O)OC1(CCCC)CC2CCC1(C)C2(C)C. The van der Waals surface area contributed by atoms with Crippen molar-refractivity contribution in [3.63, 3.8) is 0 Å². The molecule has 0 heterocycles. The summed E-state index contributed by atoms with van der Waals surface area (Å²) in [6.07, 6.45) is 6.77. The predicted molar refractivity (Wildman–Crippen MR) is 82.4 cm³/mol. The molecule has 2 saturated carbocycles. The Morgan fingerprint density at radius 2 is 2.00 bits per heavy atom. The first-order valence-electron chi connectivity index (χ1n) is 8.09. The van der Waals surface area contributed by atoms with Crippen LogP contribution in [0.1, 0.15) is 73.1 Å². The number of fused-ring (bicyclic) bond motifs is 2. The second-order valence-corrected chi connectivity index (χ2v) is 7.76. The molecular formula is C18H30O2. The standard InChI is InChI=1S/C18H30O2/c1-7-8-10-18(20-15(19)13(2)3)12-14-9-11-17(18,6)16(14,4)5/h14H,2,7-12H2,1,3-6H3. The molecule has 114 valence electrons. The van der Waals surface area contributed by atoms with E-state index in [9.17, 15) is 4.79 Å². The molecule has 0 aliphatic heterocycles. The summed E-state index contributed by atoms with van der Waals surface area (Å²) in [6.45, 7) is 14.8. The second-order valence-electron chi connectivity index (χ2n) is 7.76. The van der Waals surface area contributed by atoms with Gasteiger partial charge in [-0.1, -0.05) is 40.7 Å². The highest BCUT2D eigenvalue weighted by atomic mass is 16.6. The number of carbonyl (C=O) groups is 1. The van der Waals surface area contributed by atoms with Crippen LogP contribution in [-0.4, -0.2) is 11.6 Å². The molecule has 20 heavy (non-hydrogen) atoms. The average molecular weight is 278 g/mol. The molecule has 3 unspecified atom stereocenters. The topological polar surface area (TPSA) is 26.3 Å². The second kappa shape index (κ2) is 4.89. The Morgan fingerprint density at radius 1 is 1.35 bits per heavy atom. The van der Waals surface area contributed by atoms with Crippen molar-refractivity contribution >= 4 is 5.97 Å². The molecule has 3 atom stereocenters. The molecule has 0 saturated heterocycles. The van der Waals surface area contributed by atoms with Gasteiger partial charge in [-0.3, -0.25) is 0 Å². The van der Waals surface area contributed by atoms with Crippen LogP contribution in [0.4, 0.5) is 0 Å². The maximum Gasteiger partial charge on any atom is 0.333 e. The minimum absolute atomic E-state index is 0.102. The molecule has 2 bridgehead atoms. The van der Waals surface area contributed by atoms with E-state index in [2.05, 4.69) is 34.3 Å². The average Bonchev–Trinajstić information content (AvgIpc) is 2.68. The summed E-state index contributed by atoms with van der Waals surface area (Å²) in [5.74, 6) is 0.480. The van der Waals surface area contributed by atoms with Gasteiger partial charge in [-0.2, -0.15) is 0 Å². The Morgan fingerprint density at radius 3 is 2.40 bits per heavy atom. The van der Waals surface area contributed by atoms with E-state index in [1.165, 1.54) is 12.8 Å². The van der Waals surface area contributed by atoms with Crippen LogP contribution in [0.15, 0.2) is 12.2 Å². The third-order valence-electron chi connectivity index (χ3n) is 6.59. The van der Waals surface area contributed by atoms with Crippen LogP contribution in [0.5, 0.6) is 0 Å². The fourth-order valence-electron chi connectivity index (χ4n) is 4.70. The molecule has 0 spiro atoms. The number of hydrogen-bond acceptors (Lipinski definition) is 2. The molecule has 0 N–H and O–H groups in total. The van der Waals surface area contributed by atoms with E-state index in [1.807, 2.05) is 0 Å². The Kier molecular flexibility index (Phi) is 3.81. The zero-order valence-corrected chi connectivity index (χ0v) is 13.8. The lowest BCUT2D eigenvalue weighted by Crippen LogP contribution is -2.50. The van der Waals surface area contributed by atoms with Gasteiger partial charge < -0.3 is 4.74 Å². The van der Waals surface area contributed by atoms with Crippen LogP contribution < -0.4 is 0 Å². The first-order valence-corrected chi connectivity index (χ1v) is 8.09. The predicted octanol–water partition coefficient (Wildman–Crippen LogP) is 4.88. The number of carbonyl (C=O) groups excluding carboxylic acids is 1. The van der Waals surface area contributed by atoms with E-state index in [4.69, 9.17) is 4.74 Å². The van der Waals surface area contributed by atoms with Crippen LogP contribution in [0, 0.1) is 16.7 Å². The lowest BCUT2D eigenvalue weighted by atomic mass is 9.63. The molecule has 2 nitrogen and oxygen atoms in total. The molecular weight excluding hydrogens is 248 g/mol. The Labute approximate surface area is 124 Å². The fraction of sp³-hybridized carbons (Fsp3) is 0.833. The summed E-state index contributed by atoms with van der Waals surface area (Å²) < 4.78 is 6.10. The third kappa shape index (κ3) is 1.95. The maximum absolute atomic E-state index is 12.2. The van der Waals surface area contributed by atoms with Gasteiger partial charge in [-0.15, -0.1) is 0 Å². The minimum Gasteiger partial charge on any atom is -0.455 e. The molecule has 2 aliphatic rings. The highest BCUT2D eigenvalue weighted by molar-refractivity contribution is 5.87. The molecule has 0 aromatic rings. The summed E-state index contributed by atoms with van der Waals surface area (Å²) in [7, 11) is 0. The van der Waals surface area contributed by atoms with Crippen molar-refractivity contribution in [3.8, 4) is 0 Å². The summed E-state index contributed by atoms with van der Waals surface area (Å²) in [6, 6.07) is 0. The van der Waals surface area contributed by atoms with Crippen molar-refractivity contribution in [2.24, 2.45) is 16.7 Å². The number of esters is 1. The van der Waals surface area contributed by atoms with E-state index < -0.39 is 0 Å². The van der Waals surface area contributed by atoms with Gasteiger partial charge in [0.25, 0.3) is 0 Å². The van der Waals surface area contributed by atoms with Gasteiger partial charge in [0.2, 0.25) is 0 Å². The van der Waals surface area contributed by atoms with Gasteiger partial charge in [-0.05, 0) is 50.4 Å². The minimum atomic E-state index is -0.272. The monoisotopic (exact) mass is 278 g/mol. The Balaban J connectivity index is 2.34. The number of ether oxygens (including phenoxy) is 1. The Bertz CT molecular complexity index is 423. The highest BCUT2D eigenvalue weighted by Crippen LogP contribution is 2.71. The normalized spacial score (nSPS) is 38.0. The quantitative estimate of drug-likeness (QED) is 0.529. The molecule has 0 radical (unpaired) electrons. The van der Waals surface area contributed by atoms with Gasteiger partial charge in [0.15, 0.2) is 0 Å². The third-order valence-corrected chi connectivity index (χ3v) is 6.59. The number of rotatable bonds is 5. The molecule has 0 aromatic heterocycles. The van der Waals surface area contributed by atoms with Gasteiger partial charge in [0, 0.05) is 11.0 Å². The lowest BCUT2D eigenvalue weighted by Gasteiger charge is -2.48. The molecule has 2 fully saturated rings. The fourth-order valence-corrected chi connectivity index (χ4v) is 4.70. The van der Waals surface area contributed by atoms with Crippen molar-refractivity contribution in [1.29, 1.82) is 0 Å². The van der Waals surface area contributed by atoms with Crippen molar-refractivity contribution in [2.75, 3.05) is 0 Å². The summed E-state index contributed by atoms with van der Waals surface area (Å²) in [4.78, 5) is 12.2. The van der Waals surface area contributed by atoms with E-state index in [0.717, 1.165) is 25.7 Å². The molecule has 2 aliphatic carbocycles. The Hall–Kier alpha value is -0.790. The van der Waals surface area contributed by atoms with Gasteiger partial charge in [0.05, 0.1) is 0 Å². The van der Waals surface area contributed by atoms with Crippen LogP contribution in [-0.2, 0) is 9.53 Å². The summed E-state index contributed by atoms with van der Waals surface area (Å²) in [5.41, 5.74) is 0.608. The lowest BCUT2D eigenvalue weighted by molar-refractivity contribution is -0.176. The van der Waals surface area contributed by atoms with Crippen molar-refractivity contribution in [1.82, 2.24) is 0 Å². The van der Waals surface area contributed by atoms with Crippen molar-refractivity contribution in [2.45, 2.75) is 78.7 Å². The van der Waals surface area contributed by atoms with Crippen LogP contribution in [0.3, 0.4) is 0 Å². The van der Waals surface area contributed by atoms with Gasteiger partial charge in [0.1, 0.15) is 5.60 Å². The molecule has 0 aromatic carbocycles. The molecule has 2 rings (SSSR count). The van der Waals surface area contributed by atoms with Crippen molar-refractivity contribution < 1.29 is 9.53 Å². The van der Waals surface area contributed by atoms with Gasteiger partial charge >= 0.3 is 5.97 Å². The van der Waals surface area contributed by atoms with E-state index in [-0.39, 0.29) is 22.4 Å². The maximum atomic E-state index is 12.2. The highest BCUT2D eigenvalue weighted by Gasteiger charge is 2.70.